The molecule has 0 aliphatic heterocycles. The molecule has 2 rings (SSSR count). The van der Waals surface area contributed by atoms with Crippen LogP contribution in [0.2, 0.25) is 20.1 Å². The van der Waals surface area contributed by atoms with Gasteiger partial charge in [0.15, 0.2) is 0 Å². The Hall–Kier alpha value is -1.66. The van der Waals surface area contributed by atoms with Crippen molar-refractivity contribution in [3.63, 3.8) is 0 Å². The predicted octanol–water partition coefficient (Wildman–Crippen LogP) is 8.01. The molecule has 0 aliphatic carbocycles. The molecule has 0 bridgehead atoms. The van der Waals surface area contributed by atoms with Crippen molar-refractivity contribution < 1.29 is 19.4 Å². The van der Waals surface area contributed by atoms with Gasteiger partial charge < -0.3 is 14.7 Å². The van der Waals surface area contributed by atoms with Crippen LogP contribution in [-0.4, -0.2) is 30.6 Å². The van der Waals surface area contributed by atoms with Gasteiger partial charge in [0.05, 0.1) is 37.8 Å². The maximum absolute atomic E-state index is 13.1. The minimum atomic E-state index is -1.44. The first-order valence-electron chi connectivity index (χ1n) is 10.3. The highest BCUT2D eigenvalue weighted by Gasteiger charge is 2.30. The Morgan fingerprint density at radius 2 is 1.38 bits per heavy atom. The van der Waals surface area contributed by atoms with E-state index in [-0.39, 0.29) is 25.7 Å². The summed E-state index contributed by atoms with van der Waals surface area (Å²) in [5.41, 5.74) is -0.317. The highest BCUT2D eigenvalue weighted by Crippen LogP contribution is 2.42. The van der Waals surface area contributed by atoms with E-state index in [0.717, 1.165) is 12.8 Å². The van der Waals surface area contributed by atoms with Gasteiger partial charge in [-0.1, -0.05) is 85.4 Å². The van der Waals surface area contributed by atoms with Gasteiger partial charge in [0.2, 0.25) is 0 Å². The van der Waals surface area contributed by atoms with E-state index in [1.54, 1.807) is 24.3 Å². The summed E-state index contributed by atoms with van der Waals surface area (Å²) in [7, 11) is 1.49. The van der Waals surface area contributed by atoms with Gasteiger partial charge in [0, 0.05) is 12.7 Å². The van der Waals surface area contributed by atoms with Crippen LogP contribution in [0.25, 0.3) is 0 Å². The highest BCUT2D eigenvalue weighted by molar-refractivity contribution is 6.54. The van der Waals surface area contributed by atoms with Gasteiger partial charge >= 0.3 is 5.97 Å². The SMILES string of the molecule is CCCCCCCCOc1ccc(N(C)C(=O)c2c(Cl)c(Cl)c(Cl)c(Cl)c2C(=O)O)cc1. The molecule has 0 unspecified atom stereocenters. The van der Waals surface area contributed by atoms with Gasteiger partial charge in [0.1, 0.15) is 5.75 Å². The second-order valence-electron chi connectivity index (χ2n) is 7.29. The first-order valence-corrected chi connectivity index (χ1v) is 11.8. The minimum absolute atomic E-state index is 0.182. The number of unbranched alkanes of at least 4 members (excludes halogenated alkanes) is 5. The summed E-state index contributed by atoms with van der Waals surface area (Å²) >= 11 is 24.2. The molecular weight excluding hydrogens is 496 g/mol. The van der Waals surface area contributed by atoms with E-state index in [1.165, 1.54) is 37.6 Å². The van der Waals surface area contributed by atoms with E-state index in [2.05, 4.69) is 6.92 Å². The normalized spacial score (nSPS) is 10.8. The number of ether oxygens (including phenoxy) is 1. The number of hydrogen-bond acceptors (Lipinski definition) is 3. The number of anilines is 1. The molecule has 0 aromatic heterocycles. The zero-order valence-corrected chi connectivity index (χ0v) is 20.9. The first kappa shape index (κ1) is 26.6. The summed E-state index contributed by atoms with van der Waals surface area (Å²) in [6.07, 6.45) is 7.07. The number of carbonyl (C=O) groups is 2. The van der Waals surface area contributed by atoms with E-state index in [0.29, 0.717) is 18.0 Å². The fourth-order valence-corrected chi connectivity index (χ4v) is 4.17. The van der Waals surface area contributed by atoms with Gasteiger partial charge in [-0.05, 0) is 30.7 Å². The lowest BCUT2D eigenvalue weighted by Crippen LogP contribution is -2.28. The Bertz CT molecular complexity index is 964. The highest BCUT2D eigenvalue weighted by atomic mass is 35.5. The van der Waals surface area contributed by atoms with Crippen LogP contribution in [0.5, 0.6) is 5.75 Å². The molecule has 1 N–H and O–H groups in total. The van der Waals surface area contributed by atoms with Crippen molar-refractivity contribution in [3.8, 4) is 5.75 Å². The molecule has 0 saturated carbocycles. The summed E-state index contributed by atoms with van der Waals surface area (Å²) in [6, 6.07) is 6.89. The average molecular weight is 521 g/mol. The standard InChI is InChI=1S/C23H25Cl4NO4/c1-3-4-5-6-7-8-13-32-15-11-9-14(10-12-15)28(2)22(29)16-17(23(30)31)19(25)21(27)20(26)18(16)24/h9-12H,3-8,13H2,1-2H3,(H,30,31). The molecule has 5 nitrogen and oxygen atoms in total. The van der Waals surface area contributed by atoms with Gasteiger partial charge in [-0.15, -0.1) is 0 Å². The number of carboxylic acid groups (broad SMARTS) is 1. The lowest BCUT2D eigenvalue weighted by Gasteiger charge is -2.21. The van der Waals surface area contributed by atoms with Crippen LogP contribution in [0.4, 0.5) is 5.69 Å². The summed E-state index contributed by atoms with van der Waals surface area (Å²) < 4.78 is 5.75. The Labute approximate surface area is 208 Å². The number of benzene rings is 2. The number of hydrogen-bond donors (Lipinski definition) is 1. The molecule has 2 aromatic rings. The average Bonchev–Trinajstić information content (AvgIpc) is 2.78. The zero-order chi connectivity index (χ0) is 23.8. The Morgan fingerprint density at radius 1 is 0.844 bits per heavy atom. The number of amides is 1. The fraction of sp³-hybridized carbons (Fsp3) is 0.391. The summed E-state index contributed by atoms with van der Waals surface area (Å²) in [5, 5.41) is 8.54. The number of halogens is 4. The van der Waals surface area contributed by atoms with Crippen molar-refractivity contribution in [3.05, 3.63) is 55.5 Å². The monoisotopic (exact) mass is 519 g/mol. The quantitative estimate of drug-likeness (QED) is 0.185. The lowest BCUT2D eigenvalue weighted by atomic mass is 10.1. The molecule has 0 aliphatic rings. The van der Waals surface area contributed by atoms with E-state index in [4.69, 9.17) is 51.1 Å². The number of aromatic carboxylic acids is 1. The summed E-state index contributed by atoms with van der Waals surface area (Å²) in [5.74, 6) is -1.44. The molecule has 0 radical (unpaired) electrons. The van der Waals surface area contributed by atoms with E-state index < -0.39 is 17.4 Å². The maximum Gasteiger partial charge on any atom is 0.338 e. The molecule has 0 saturated heterocycles. The van der Waals surface area contributed by atoms with Crippen molar-refractivity contribution in [2.75, 3.05) is 18.6 Å². The van der Waals surface area contributed by atoms with E-state index in [9.17, 15) is 14.7 Å². The molecule has 0 spiro atoms. The zero-order valence-electron chi connectivity index (χ0n) is 17.9. The molecule has 0 atom stereocenters. The largest absolute Gasteiger partial charge is 0.494 e. The van der Waals surface area contributed by atoms with Crippen LogP contribution in [-0.2, 0) is 0 Å². The van der Waals surface area contributed by atoms with Crippen LogP contribution in [0, 0.1) is 0 Å². The summed E-state index contributed by atoms with van der Waals surface area (Å²) in [6.45, 7) is 2.82. The van der Waals surface area contributed by atoms with Crippen molar-refractivity contribution in [1.82, 2.24) is 0 Å². The third-order valence-electron chi connectivity index (χ3n) is 4.99. The van der Waals surface area contributed by atoms with Crippen molar-refractivity contribution in [1.29, 1.82) is 0 Å². The number of carbonyl (C=O) groups excluding carboxylic acids is 1. The molecule has 0 heterocycles. The maximum atomic E-state index is 13.1. The topological polar surface area (TPSA) is 66.8 Å². The summed E-state index contributed by atoms with van der Waals surface area (Å²) in [4.78, 5) is 26.1. The molecule has 174 valence electrons. The van der Waals surface area contributed by atoms with Crippen molar-refractivity contribution in [2.45, 2.75) is 45.4 Å². The molecule has 2 aromatic carbocycles. The van der Waals surface area contributed by atoms with Crippen LogP contribution in [0.15, 0.2) is 24.3 Å². The van der Waals surface area contributed by atoms with Crippen LogP contribution < -0.4 is 9.64 Å². The van der Waals surface area contributed by atoms with Crippen LogP contribution >= 0.6 is 46.4 Å². The van der Waals surface area contributed by atoms with Crippen LogP contribution in [0.3, 0.4) is 0 Å². The third-order valence-corrected chi connectivity index (χ3v) is 6.79. The van der Waals surface area contributed by atoms with Crippen molar-refractivity contribution in [2.24, 2.45) is 0 Å². The van der Waals surface area contributed by atoms with E-state index in [1.807, 2.05) is 0 Å². The van der Waals surface area contributed by atoms with Crippen molar-refractivity contribution >= 4 is 64.0 Å². The molecule has 32 heavy (non-hydrogen) atoms. The number of carboxylic acids is 1. The lowest BCUT2D eigenvalue weighted by molar-refractivity contribution is 0.0692. The van der Waals surface area contributed by atoms with Gasteiger partial charge in [0.25, 0.3) is 5.91 Å². The smallest absolute Gasteiger partial charge is 0.338 e. The Kier molecular flexibility index (Phi) is 10.4. The number of rotatable bonds is 11. The first-order chi connectivity index (χ1) is 15.2. The molecule has 9 heteroatoms. The predicted molar refractivity (Wildman–Crippen MR) is 131 cm³/mol. The van der Waals surface area contributed by atoms with Gasteiger partial charge in [-0.2, -0.15) is 0 Å². The second-order valence-corrected chi connectivity index (χ2v) is 8.80. The molecular formula is C23H25Cl4NO4. The Balaban J connectivity index is 2.11. The van der Waals surface area contributed by atoms with E-state index >= 15 is 0 Å². The second kappa shape index (κ2) is 12.5. The molecule has 0 fully saturated rings. The number of nitrogens with zero attached hydrogens (tertiary/aromatic N) is 1. The van der Waals surface area contributed by atoms with Crippen LogP contribution in [0.1, 0.15) is 66.2 Å². The van der Waals surface area contributed by atoms with Gasteiger partial charge in [-0.25, -0.2) is 4.79 Å². The Morgan fingerprint density at radius 3 is 1.94 bits per heavy atom. The van der Waals surface area contributed by atoms with Gasteiger partial charge in [-0.3, -0.25) is 4.79 Å². The fourth-order valence-electron chi connectivity index (χ4n) is 3.16. The minimum Gasteiger partial charge on any atom is -0.494 e. The third kappa shape index (κ3) is 6.44. The molecule has 1 amide bonds.